The van der Waals surface area contributed by atoms with Crippen LogP contribution in [0.1, 0.15) is 12.8 Å². The lowest BCUT2D eigenvalue weighted by Gasteiger charge is -2.02. The van der Waals surface area contributed by atoms with E-state index < -0.39 is 0 Å². The van der Waals surface area contributed by atoms with E-state index in [0.717, 1.165) is 0 Å². The predicted molar refractivity (Wildman–Crippen MR) is 61.3 cm³/mol. The van der Waals surface area contributed by atoms with E-state index in [9.17, 15) is 4.79 Å². The zero-order valence-electron chi connectivity index (χ0n) is 7.95. The molecule has 0 amide bonds. The van der Waals surface area contributed by atoms with Gasteiger partial charge in [0.05, 0.1) is 0 Å². The largest absolute Gasteiger partial charge is 0.427 e. The van der Waals surface area contributed by atoms with Gasteiger partial charge in [0, 0.05) is 17.0 Å². The van der Waals surface area contributed by atoms with Crippen molar-refractivity contribution >= 4 is 29.2 Å². The monoisotopic (exact) mass is 244 g/mol. The van der Waals surface area contributed by atoms with Crippen LogP contribution >= 0.6 is 23.2 Å². The number of ether oxygens (including phenoxy) is 1. The van der Waals surface area contributed by atoms with Gasteiger partial charge in [0.1, 0.15) is 5.75 Å². The molecular formula is C11H10Cl2O2. The molecule has 1 aromatic carbocycles. The molecule has 0 aliphatic carbocycles. The molecule has 0 atom stereocenters. The molecule has 0 N–H and O–H groups in total. The van der Waals surface area contributed by atoms with Crippen LogP contribution in [0.5, 0.6) is 5.75 Å². The van der Waals surface area contributed by atoms with Gasteiger partial charge in [-0.05, 0) is 30.7 Å². The number of hydrogen-bond acceptors (Lipinski definition) is 2. The first-order valence-electron chi connectivity index (χ1n) is 4.44. The van der Waals surface area contributed by atoms with Crippen molar-refractivity contribution in [1.29, 1.82) is 0 Å². The van der Waals surface area contributed by atoms with Crippen molar-refractivity contribution in [2.45, 2.75) is 12.8 Å². The van der Waals surface area contributed by atoms with E-state index in [1.165, 1.54) is 5.54 Å². The third-order valence-corrected chi connectivity index (χ3v) is 2.08. The third kappa shape index (κ3) is 4.86. The molecule has 0 aromatic heterocycles. The summed E-state index contributed by atoms with van der Waals surface area (Å²) < 4.78 is 5.04. The molecule has 0 bridgehead atoms. The standard InChI is InChI=1S/C11H10Cl2O2/c12-8-2-1-3-11(14)15-10-6-4-9(13)5-7-10/h2,4-8H,1,3H2. The van der Waals surface area contributed by atoms with Gasteiger partial charge in [-0.2, -0.15) is 0 Å². The maximum atomic E-state index is 11.2. The second-order valence-electron chi connectivity index (χ2n) is 2.83. The van der Waals surface area contributed by atoms with Gasteiger partial charge in [-0.15, -0.1) is 0 Å². The summed E-state index contributed by atoms with van der Waals surface area (Å²) in [5, 5.41) is 0.611. The Labute approximate surface area is 98.4 Å². The van der Waals surface area contributed by atoms with Crippen molar-refractivity contribution < 1.29 is 9.53 Å². The average molecular weight is 245 g/mol. The molecule has 0 radical (unpaired) electrons. The number of hydrogen-bond donors (Lipinski definition) is 0. The topological polar surface area (TPSA) is 26.3 Å². The molecule has 0 unspecified atom stereocenters. The van der Waals surface area contributed by atoms with Crippen LogP contribution in [0.15, 0.2) is 35.9 Å². The lowest BCUT2D eigenvalue weighted by Crippen LogP contribution is -2.06. The molecule has 0 saturated heterocycles. The number of allylic oxidation sites excluding steroid dienone is 1. The van der Waals surface area contributed by atoms with Crippen molar-refractivity contribution in [1.82, 2.24) is 0 Å². The average Bonchev–Trinajstić information content (AvgIpc) is 2.22. The van der Waals surface area contributed by atoms with Crippen LogP contribution < -0.4 is 4.74 Å². The number of halogens is 2. The van der Waals surface area contributed by atoms with E-state index in [2.05, 4.69) is 0 Å². The highest BCUT2D eigenvalue weighted by atomic mass is 35.5. The van der Waals surface area contributed by atoms with Gasteiger partial charge in [-0.25, -0.2) is 0 Å². The van der Waals surface area contributed by atoms with Gasteiger partial charge >= 0.3 is 5.97 Å². The summed E-state index contributed by atoms with van der Waals surface area (Å²) in [5.41, 5.74) is 1.38. The number of carbonyl (C=O) groups is 1. The Hall–Kier alpha value is -0.990. The van der Waals surface area contributed by atoms with E-state index in [1.54, 1.807) is 30.3 Å². The van der Waals surface area contributed by atoms with Gasteiger partial charge < -0.3 is 4.74 Å². The van der Waals surface area contributed by atoms with Crippen LogP contribution in [0, 0.1) is 0 Å². The number of benzene rings is 1. The Morgan fingerprint density at radius 2 is 2.00 bits per heavy atom. The fraction of sp³-hybridized carbons (Fsp3) is 0.182. The first-order valence-corrected chi connectivity index (χ1v) is 5.25. The maximum absolute atomic E-state index is 11.2. The van der Waals surface area contributed by atoms with Crippen LogP contribution in [0.3, 0.4) is 0 Å². The number of carbonyl (C=O) groups excluding carboxylic acids is 1. The molecule has 0 aliphatic heterocycles. The zero-order chi connectivity index (χ0) is 11.1. The summed E-state index contributed by atoms with van der Waals surface area (Å²) in [5.74, 6) is 0.214. The molecule has 0 fully saturated rings. The molecule has 15 heavy (non-hydrogen) atoms. The minimum absolute atomic E-state index is 0.285. The smallest absolute Gasteiger partial charge is 0.311 e. The molecule has 0 aliphatic rings. The summed E-state index contributed by atoms with van der Waals surface area (Å²) >= 11 is 11.0. The Morgan fingerprint density at radius 1 is 1.33 bits per heavy atom. The Bertz CT molecular complexity index is 344. The van der Waals surface area contributed by atoms with Gasteiger partial charge in [0.15, 0.2) is 0 Å². The van der Waals surface area contributed by atoms with Gasteiger partial charge in [0.25, 0.3) is 0 Å². The summed E-state index contributed by atoms with van der Waals surface area (Å²) in [6, 6.07) is 6.64. The van der Waals surface area contributed by atoms with E-state index in [-0.39, 0.29) is 5.97 Å². The summed E-state index contributed by atoms with van der Waals surface area (Å²) in [4.78, 5) is 11.2. The molecule has 2 nitrogen and oxygen atoms in total. The molecule has 80 valence electrons. The Balaban J connectivity index is 2.41. The molecule has 0 heterocycles. The summed E-state index contributed by atoms with van der Waals surface area (Å²) in [6.07, 6.45) is 2.59. The van der Waals surface area contributed by atoms with Crippen molar-refractivity contribution in [3.8, 4) is 5.75 Å². The first-order chi connectivity index (χ1) is 7.22. The minimum Gasteiger partial charge on any atom is -0.427 e. The summed E-state index contributed by atoms with van der Waals surface area (Å²) in [6.45, 7) is 0. The highest BCUT2D eigenvalue weighted by molar-refractivity contribution is 6.30. The number of esters is 1. The zero-order valence-corrected chi connectivity index (χ0v) is 9.46. The van der Waals surface area contributed by atoms with Gasteiger partial charge in [-0.3, -0.25) is 4.79 Å². The quantitative estimate of drug-likeness (QED) is 0.596. The Kier molecular flexibility index (Phi) is 5.22. The lowest BCUT2D eigenvalue weighted by molar-refractivity contribution is -0.134. The third-order valence-electron chi connectivity index (χ3n) is 1.65. The molecule has 1 aromatic rings. The van der Waals surface area contributed by atoms with Crippen LogP contribution in [-0.4, -0.2) is 5.97 Å². The maximum Gasteiger partial charge on any atom is 0.311 e. The molecule has 4 heteroatoms. The second-order valence-corrected chi connectivity index (χ2v) is 3.52. The van der Waals surface area contributed by atoms with Crippen molar-refractivity contribution in [3.05, 3.63) is 40.9 Å². The lowest BCUT2D eigenvalue weighted by atomic mass is 10.3. The molecule has 0 spiro atoms. The predicted octanol–water partition coefficient (Wildman–Crippen LogP) is 3.78. The van der Waals surface area contributed by atoms with E-state index >= 15 is 0 Å². The second kappa shape index (κ2) is 6.49. The normalized spacial score (nSPS) is 10.5. The van der Waals surface area contributed by atoms with Crippen LogP contribution in [0.25, 0.3) is 0 Å². The van der Waals surface area contributed by atoms with Crippen LogP contribution in [0.4, 0.5) is 0 Å². The van der Waals surface area contributed by atoms with Crippen molar-refractivity contribution in [2.24, 2.45) is 0 Å². The van der Waals surface area contributed by atoms with Gasteiger partial charge in [-0.1, -0.05) is 29.3 Å². The van der Waals surface area contributed by atoms with Crippen LogP contribution in [-0.2, 0) is 4.79 Å². The Morgan fingerprint density at radius 3 is 2.60 bits per heavy atom. The van der Waals surface area contributed by atoms with E-state index in [0.29, 0.717) is 23.6 Å². The molecular weight excluding hydrogens is 235 g/mol. The highest BCUT2D eigenvalue weighted by Gasteiger charge is 2.02. The molecule has 0 saturated carbocycles. The van der Waals surface area contributed by atoms with Gasteiger partial charge in [0.2, 0.25) is 0 Å². The molecule has 1 rings (SSSR count). The fourth-order valence-corrected chi connectivity index (χ4v) is 1.20. The van der Waals surface area contributed by atoms with E-state index in [1.807, 2.05) is 0 Å². The van der Waals surface area contributed by atoms with E-state index in [4.69, 9.17) is 27.9 Å². The highest BCUT2D eigenvalue weighted by Crippen LogP contribution is 2.16. The minimum atomic E-state index is -0.285. The number of rotatable bonds is 4. The SMILES string of the molecule is O=C(CCC=CCl)Oc1ccc(Cl)cc1. The first kappa shape index (κ1) is 12.1. The fourth-order valence-electron chi connectivity index (χ4n) is 0.949. The van der Waals surface area contributed by atoms with Crippen LogP contribution in [0.2, 0.25) is 5.02 Å². The summed E-state index contributed by atoms with van der Waals surface area (Å²) in [7, 11) is 0. The van der Waals surface area contributed by atoms with Crippen molar-refractivity contribution in [3.63, 3.8) is 0 Å². The van der Waals surface area contributed by atoms with Crippen molar-refractivity contribution in [2.75, 3.05) is 0 Å².